The maximum absolute atomic E-state index is 12.6. The van der Waals surface area contributed by atoms with E-state index in [1.165, 1.54) is 29.5 Å². The van der Waals surface area contributed by atoms with Gasteiger partial charge >= 0.3 is 5.97 Å². The van der Waals surface area contributed by atoms with E-state index in [2.05, 4.69) is 24.3 Å². The molecule has 2 aliphatic rings. The molecular formula is C20H18O3. The molecule has 2 atom stereocenters. The summed E-state index contributed by atoms with van der Waals surface area (Å²) >= 11 is 0. The molecule has 4 rings (SSSR count). The molecule has 0 bridgehead atoms. The molecule has 0 heterocycles. The molecule has 0 aliphatic heterocycles. The average molecular weight is 306 g/mol. The van der Waals surface area contributed by atoms with Crippen LogP contribution in [0.3, 0.4) is 0 Å². The third kappa shape index (κ3) is 1.83. The number of carbonyl (C=O) groups is 2. The predicted molar refractivity (Wildman–Crippen MR) is 88.2 cm³/mol. The van der Waals surface area contributed by atoms with Gasteiger partial charge in [-0.2, -0.15) is 0 Å². The molecule has 23 heavy (non-hydrogen) atoms. The number of rotatable bonds is 1. The zero-order chi connectivity index (χ0) is 16.2. The van der Waals surface area contributed by atoms with Crippen LogP contribution in [0.5, 0.6) is 0 Å². The molecule has 0 amide bonds. The number of aryl methyl sites for hydroxylation is 1. The van der Waals surface area contributed by atoms with E-state index in [0.29, 0.717) is 5.57 Å². The minimum atomic E-state index is -0.529. The molecule has 0 spiro atoms. The molecule has 0 aromatic heterocycles. The maximum Gasteiger partial charge on any atom is 0.334 e. The summed E-state index contributed by atoms with van der Waals surface area (Å²) in [4.78, 5) is 24.7. The molecule has 0 radical (unpaired) electrons. The van der Waals surface area contributed by atoms with Gasteiger partial charge in [0.15, 0.2) is 5.78 Å². The average Bonchev–Trinajstić information content (AvgIpc) is 2.85. The highest BCUT2D eigenvalue weighted by atomic mass is 16.5. The largest absolute Gasteiger partial charge is 0.466 e. The number of carbonyl (C=O) groups excluding carboxylic acids is 2. The van der Waals surface area contributed by atoms with Crippen molar-refractivity contribution < 1.29 is 14.3 Å². The minimum absolute atomic E-state index is 0.0432. The molecule has 0 unspecified atom stereocenters. The van der Waals surface area contributed by atoms with Crippen molar-refractivity contribution in [2.45, 2.75) is 25.7 Å². The molecule has 116 valence electrons. The van der Waals surface area contributed by atoms with E-state index in [1.807, 2.05) is 19.1 Å². The van der Waals surface area contributed by atoms with Gasteiger partial charge < -0.3 is 4.74 Å². The van der Waals surface area contributed by atoms with Gasteiger partial charge in [0.25, 0.3) is 0 Å². The van der Waals surface area contributed by atoms with Gasteiger partial charge in [-0.3, -0.25) is 4.79 Å². The molecule has 2 aliphatic carbocycles. The van der Waals surface area contributed by atoms with Gasteiger partial charge in [0.05, 0.1) is 7.11 Å². The summed E-state index contributed by atoms with van der Waals surface area (Å²) in [7, 11) is 1.37. The van der Waals surface area contributed by atoms with Crippen LogP contribution in [0.4, 0.5) is 0 Å². The number of hydrogen-bond acceptors (Lipinski definition) is 3. The molecule has 0 N–H and O–H groups in total. The Bertz CT molecular complexity index is 878. The molecule has 0 saturated heterocycles. The van der Waals surface area contributed by atoms with Crippen LogP contribution >= 0.6 is 0 Å². The van der Waals surface area contributed by atoms with Gasteiger partial charge in [0.1, 0.15) is 0 Å². The Labute approximate surface area is 134 Å². The van der Waals surface area contributed by atoms with Crippen LogP contribution in [-0.4, -0.2) is 18.9 Å². The normalized spacial score (nSPS) is 25.7. The molecule has 2 aromatic carbocycles. The van der Waals surface area contributed by atoms with Gasteiger partial charge in [-0.05, 0) is 40.8 Å². The van der Waals surface area contributed by atoms with E-state index >= 15 is 0 Å². The smallest absolute Gasteiger partial charge is 0.334 e. The highest BCUT2D eigenvalue weighted by Crippen LogP contribution is 2.54. The lowest BCUT2D eigenvalue weighted by Crippen LogP contribution is -2.35. The van der Waals surface area contributed by atoms with E-state index < -0.39 is 11.4 Å². The number of allylic oxidation sites excluding steroid dienone is 1. The molecule has 2 aromatic rings. The molecular weight excluding hydrogens is 288 g/mol. The first-order valence-electron chi connectivity index (χ1n) is 7.91. The SMILES string of the molecule is COC(=O)C1=CC(=O)[C@]2(C)CCc3c(ccc4ccccc34)[C@@H]12. The topological polar surface area (TPSA) is 43.4 Å². The number of ether oxygens (including phenoxy) is 1. The first-order valence-corrected chi connectivity index (χ1v) is 7.91. The van der Waals surface area contributed by atoms with Crippen LogP contribution in [0, 0.1) is 5.41 Å². The van der Waals surface area contributed by atoms with Crippen molar-refractivity contribution in [3.05, 3.63) is 59.2 Å². The first-order chi connectivity index (χ1) is 11.1. The summed E-state index contributed by atoms with van der Waals surface area (Å²) in [6.07, 6.45) is 3.12. The fraction of sp³-hybridized carbons (Fsp3) is 0.300. The van der Waals surface area contributed by atoms with E-state index in [4.69, 9.17) is 4.74 Å². The fourth-order valence-corrected chi connectivity index (χ4v) is 4.23. The van der Waals surface area contributed by atoms with Crippen molar-refractivity contribution in [1.29, 1.82) is 0 Å². The van der Waals surface area contributed by atoms with Gasteiger partial charge in [-0.25, -0.2) is 4.79 Å². The van der Waals surface area contributed by atoms with Crippen molar-refractivity contribution in [2.75, 3.05) is 7.11 Å². The van der Waals surface area contributed by atoms with E-state index in [0.717, 1.165) is 18.4 Å². The molecule has 0 fully saturated rings. The van der Waals surface area contributed by atoms with E-state index in [9.17, 15) is 9.59 Å². The summed E-state index contributed by atoms with van der Waals surface area (Å²) in [5, 5.41) is 2.42. The Morgan fingerprint density at radius 2 is 2.00 bits per heavy atom. The standard InChI is InChI=1S/C20H18O3/c1-20-10-9-14-13-6-4-3-5-12(13)7-8-15(14)18(20)16(11-17(20)21)19(22)23-2/h3-8,11,18H,9-10H2,1-2H3/t18-,20-/m0/s1. The van der Waals surface area contributed by atoms with Gasteiger partial charge in [0.2, 0.25) is 0 Å². The predicted octanol–water partition coefficient (Wildman–Crippen LogP) is 3.56. The number of esters is 1. The summed E-state index contributed by atoms with van der Waals surface area (Å²) in [6, 6.07) is 12.4. The third-order valence-corrected chi connectivity index (χ3v) is 5.50. The highest BCUT2D eigenvalue weighted by molar-refractivity contribution is 6.09. The number of methoxy groups -OCH3 is 1. The summed E-state index contributed by atoms with van der Waals surface area (Å²) < 4.78 is 4.92. The Kier molecular flexibility index (Phi) is 2.95. The lowest BCUT2D eigenvalue weighted by Gasteiger charge is -2.38. The molecule has 3 heteroatoms. The summed E-state index contributed by atoms with van der Waals surface area (Å²) in [5.41, 5.74) is 2.32. The van der Waals surface area contributed by atoms with Gasteiger partial charge in [-0.15, -0.1) is 0 Å². The Balaban J connectivity index is 1.96. The second-order valence-corrected chi connectivity index (χ2v) is 6.66. The van der Waals surface area contributed by atoms with Crippen molar-refractivity contribution in [2.24, 2.45) is 5.41 Å². The Hall–Kier alpha value is -2.42. The van der Waals surface area contributed by atoms with Crippen LogP contribution in [0.1, 0.15) is 30.4 Å². The van der Waals surface area contributed by atoms with Crippen LogP contribution in [0.15, 0.2) is 48.0 Å². The maximum atomic E-state index is 12.6. The number of hydrogen-bond donors (Lipinski definition) is 0. The molecule has 3 nitrogen and oxygen atoms in total. The molecule has 0 saturated carbocycles. The van der Waals surface area contributed by atoms with Crippen molar-refractivity contribution in [3.63, 3.8) is 0 Å². The number of fused-ring (bicyclic) bond motifs is 5. The number of ketones is 1. The minimum Gasteiger partial charge on any atom is -0.466 e. The first kappa shape index (κ1) is 14.2. The van der Waals surface area contributed by atoms with Crippen LogP contribution in [0.25, 0.3) is 10.8 Å². The van der Waals surface area contributed by atoms with E-state index in [-0.39, 0.29) is 11.7 Å². The van der Waals surface area contributed by atoms with Gasteiger partial charge in [0, 0.05) is 16.9 Å². The Morgan fingerprint density at radius 3 is 2.78 bits per heavy atom. The zero-order valence-corrected chi connectivity index (χ0v) is 13.3. The summed E-state index contributed by atoms with van der Waals surface area (Å²) in [5.74, 6) is -0.550. The number of benzene rings is 2. The second kappa shape index (κ2) is 4.79. The van der Waals surface area contributed by atoms with Crippen LogP contribution in [-0.2, 0) is 20.7 Å². The lowest BCUT2D eigenvalue weighted by molar-refractivity contribution is -0.136. The lowest BCUT2D eigenvalue weighted by atomic mass is 9.64. The second-order valence-electron chi connectivity index (χ2n) is 6.66. The monoisotopic (exact) mass is 306 g/mol. The fourth-order valence-electron chi connectivity index (χ4n) is 4.23. The van der Waals surface area contributed by atoms with Crippen molar-refractivity contribution in [1.82, 2.24) is 0 Å². The zero-order valence-electron chi connectivity index (χ0n) is 13.3. The third-order valence-electron chi connectivity index (χ3n) is 5.50. The summed E-state index contributed by atoms with van der Waals surface area (Å²) in [6.45, 7) is 1.98. The van der Waals surface area contributed by atoms with E-state index in [1.54, 1.807) is 0 Å². The van der Waals surface area contributed by atoms with Gasteiger partial charge in [-0.1, -0.05) is 43.3 Å². The highest BCUT2D eigenvalue weighted by Gasteiger charge is 2.52. The van der Waals surface area contributed by atoms with Crippen LogP contribution in [0.2, 0.25) is 0 Å². The van der Waals surface area contributed by atoms with Crippen molar-refractivity contribution in [3.8, 4) is 0 Å². The van der Waals surface area contributed by atoms with Crippen LogP contribution < -0.4 is 0 Å². The van der Waals surface area contributed by atoms with Crippen molar-refractivity contribution >= 4 is 22.5 Å². The Morgan fingerprint density at radius 1 is 1.22 bits per heavy atom. The quantitative estimate of drug-likeness (QED) is 0.757.